The van der Waals surface area contributed by atoms with Crippen LogP contribution >= 0.6 is 0 Å². The number of primary amides is 2. The lowest BCUT2D eigenvalue weighted by atomic mass is 10.1. The molecular weight excluding hydrogens is 482 g/mol. The van der Waals surface area contributed by atoms with Crippen molar-refractivity contribution < 1.29 is 43.8 Å². The second kappa shape index (κ2) is 16.8. The Morgan fingerprint density at radius 1 is 0.667 bits per heavy atom. The average molecular weight is 518 g/mol. The summed E-state index contributed by atoms with van der Waals surface area (Å²) in [4.78, 5) is 82.6. The second-order valence-corrected chi connectivity index (χ2v) is 8.02. The molecule has 0 radical (unpaired) electrons. The van der Waals surface area contributed by atoms with E-state index in [0.29, 0.717) is 19.4 Å². The number of carboxylic acids is 2. The average Bonchev–Trinajstić information content (AvgIpc) is 2.78. The number of unbranched alkanes of at least 4 members (excludes halogenated alkanes) is 1. The third kappa shape index (κ3) is 13.8. The van der Waals surface area contributed by atoms with E-state index < -0.39 is 72.1 Å². The van der Waals surface area contributed by atoms with Crippen molar-refractivity contribution in [3.8, 4) is 0 Å². The van der Waals surface area contributed by atoms with Gasteiger partial charge in [-0.15, -0.1) is 0 Å². The second-order valence-electron chi connectivity index (χ2n) is 8.02. The molecule has 0 aromatic rings. The summed E-state index contributed by atoms with van der Waals surface area (Å²) >= 11 is 0. The van der Waals surface area contributed by atoms with Crippen LogP contribution in [-0.2, 0) is 33.6 Å². The molecule has 0 bridgehead atoms. The number of hydrogen-bond donors (Lipinski definition) is 9. The third-order valence-corrected chi connectivity index (χ3v) is 4.92. The van der Waals surface area contributed by atoms with Gasteiger partial charge in [-0.25, -0.2) is 4.79 Å². The van der Waals surface area contributed by atoms with Crippen molar-refractivity contribution in [2.45, 2.75) is 75.5 Å². The first-order valence-corrected chi connectivity index (χ1v) is 11.2. The van der Waals surface area contributed by atoms with E-state index in [-0.39, 0.29) is 32.1 Å². The maximum atomic E-state index is 12.8. The number of rotatable bonds is 19. The molecule has 16 heteroatoms. The summed E-state index contributed by atoms with van der Waals surface area (Å²) in [5.74, 6) is -7.33. The van der Waals surface area contributed by atoms with Crippen LogP contribution < -0.4 is 38.9 Å². The van der Waals surface area contributed by atoms with E-state index in [1.54, 1.807) is 0 Å². The maximum absolute atomic E-state index is 12.8. The molecule has 0 aliphatic heterocycles. The summed E-state index contributed by atoms with van der Waals surface area (Å²) in [6.45, 7) is 0.308. The first-order valence-electron chi connectivity index (χ1n) is 11.2. The fraction of sp³-hybridized carbons (Fsp3) is 0.650. The Bertz CT molecular complexity index is 821. The van der Waals surface area contributed by atoms with E-state index in [1.165, 1.54) is 0 Å². The quantitative estimate of drug-likeness (QED) is 0.0743. The van der Waals surface area contributed by atoms with Crippen molar-refractivity contribution in [1.29, 1.82) is 0 Å². The number of carbonyl (C=O) groups excluding carboxylic acids is 5. The van der Waals surface area contributed by atoms with E-state index in [9.17, 15) is 38.7 Å². The minimum absolute atomic E-state index is 0.0203. The molecule has 0 fully saturated rings. The number of carbonyl (C=O) groups is 7. The van der Waals surface area contributed by atoms with Gasteiger partial charge in [0, 0.05) is 12.8 Å². The van der Waals surface area contributed by atoms with Crippen molar-refractivity contribution in [2.24, 2.45) is 22.9 Å². The van der Waals surface area contributed by atoms with E-state index in [2.05, 4.69) is 16.0 Å². The molecule has 0 aliphatic rings. The van der Waals surface area contributed by atoms with Gasteiger partial charge < -0.3 is 49.1 Å². The van der Waals surface area contributed by atoms with Gasteiger partial charge in [-0.05, 0) is 38.6 Å². The van der Waals surface area contributed by atoms with Gasteiger partial charge in [-0.2, -0.15) is 0 Å². The molecule has 4 unspecified atom stereocenters. The Morgan fingerprint density at radius 2 is 1.17 bits per heavy atom. The first kappa shape index (κ1) is 32.2. The molecule has 0 rings (SSSR count). The van der Waals surface area contributed by atoms with E-state index in [0.717, 1.165) is 0 Å². The number of amides is 5. The molecule has 13 N–H and O–H groups in total. The van der Waals surface area contributed by atoms with Crippen molar-refractivity contribution in [2.75, 3.05) is 6.54 Å². The molecule has 0 heterocycles. The summed E-state index contributed by atoms with van der Waals surface area (Å²) < 4.78 is 0. The lowest BCUT2D eigenvalue weighted by Gasteiger charge is -2.24. The van der Waals surface area contributed by atoms with Crippen LogP contribution in [0, 0.1) is 0 Å². The number of carboxylic acid groups (broad SMARTS) is 2. The Morgan fingerprint density at radius 3 is 1.67 bits per heavy atom. The zero-order chi connectivity index (χ0) is 27.8. The molecule has 5 amide bonds. The van der Waals surface area contributed by atoms with Crippen LogP contribution in [0.4, 0.5) is 0 Å². The largest absolute Gasteiger partial charge is 0.481 e. The van der Waals surface area contributed by atoms with E-state index >= 15 is 0 Å². The third-order valence-electron chi connectivity index (χ3n) is 4.92. The van der Waals surface area contributed by atoms with Crippen LogP contribution in [0.15, 0.2) is 0 Å². The highest BCUT2D eigenvalue weighted by atomic mass is 16.4. The van der Waals surface area contributed by atoms with Crippen LogP contribution in [0.3, 0.4) is 0 Å². The standard InChI is InChI=1S/C20H35N7O9/c21-8-2-1-3-12(20(35)36)26-19(34)13(9-16(30)31)27-18(33)11(5-7-15(24)29)25-17(32)10(22)4-6-14(23)28/h10-13H,1-9,21-22H2,(H2,23,28)(H2,24,29)(H,25,32)(H,26,34)(H,27,33)(H,30,31)(H,35,36). The van der Waals surface area contributed by atoms with Crippen LogP contribution in [0.2, 0.25) is 0 Å². The molecule has 204 valence electrons. The Labute approximate surface area is 206 Å². The van der Waals surface area contributed by atoms with Crippen molar-refractivity contribution >= 4 is 41.5 Å². The van der Waals surface area contributed by atoms with E-state index in [1.807, 2.05) is 0 Å². The van der Waals surface area contributed by atoms with Crippen molar-refractivity contribution in [3.05, 3.63) is 0 Å². The lowest BCUT2D eigenvalue weighted by molar-refractivity contribution is -0.144. The van der Waals surface area contributed by atoms with Crippen LogP contribution in [0.1, 0.15) is 51.4 Å². The molecule has 16 nitrogen and oxygen atoms in total. The maximum Gasteiger partial charge on any atom is 0.326 e. The highest BCUT2D eigenvalue weighted by Crippen LogP contribution is 2.05. The van der Waals surface area contributed by atoms with Gasteiger partial charge >= 0.3 is 11.9 Å². The zero-order valence-electron chi connectivity index (χ0n) is 19.7. The number of hydrogen-bond acceptors (Lipinski definition) is 9. The fourth-order valence-electron chi connectivity index (χ4n) is 2.94. The molecule has 0 saturated heterocycles. The minimum Gasteiger partial charge on any atom is -0.481 e. The van der Waals surface area contributed by atoms with E-state index in [4.69, 9.17) is 28.0 Å². The Kier molecular flexibility index (Phi) is 15.0. The summed E-state index contributed by atoms with van der Waals surface area (Å²) in [5.41, 5.74) is 21.1. The molecule has 0 aliphatic carbocycles. The fourth-order valence-corrected chi connectivity index (χ4v) is 2.94. The van der Waals surface area contributed by atoms with Gasteiger partial charge in [0.25, 0.3) is 0 Å². The number of nitrogens with one attached hydrogen (secondary N) is 3. The van der Waals surface area contributed by atoms with Gasteiger partial charge in [0.2, 0.25) is 29.5 Å². The lowest BCUT2D eigenvalue weighted by Crippen LogP contribution is -2.57. The highest BCUT2D eigenvalue weighted by molar-refractivity contribution is 5.95. The summed E-state index contributed by atoms with van der Waals surface area (Å²) in [6.07, 6.45) is -1.01. The topological polar surface area (TPSA) is 300 Å². The zero-order valence-corrected chi connectivity index (χ0v) is 19.7. The van der Waals surface area contributed by atoms with Crippen LogP contribution in [0.5, 0.6) is 0 Å². The molecule has 0 aromatic heterocycles. The van der Waals surface area contributed by atoms with Gasteiger partial charge in [-0.3, -0.25) is 28.8 Å². The first-order chi connectivity index (χ1) is 16.8. The van der Waals surface area contributed by atoms with Gasteiger partial charge in [0.15, 0.2) is 0 Å². The van der Waals surface area contributed by atoms with Gasteiger partial charge in [-0.1, -0.05) is 0 Å². The van der Waals surface area contributed by atoms with Crippen LogP contribution in [-0.4, -0.2) is 82.4 Å². The molecule has 0 saturated carbocycles. The Hall–Kier alpha value is -3.79. The highest BCUT2D eigenvalue weighted by Gasteiger charge is 2.31. The summed E-state index contributed by atoms with van der Waals surface area (Å²) in [5, 5.41) is 25.1. The number of nitrogens with two attached hydrogens (primary N) is 4. The monoisotopic (exact) mass is 517 g/mol. The van der Waals surface area contributed by atoms with Gasteiger partial charge in [0.05, 0.1) is 12.5 Å². The molecular formula is C20H35N7O9. The molecule has 4 atom stereocenters. The normalized spacial score (nSPS) is 13.9. The van der Waals surface area contributed by atoms with Crippen molar-refractivity contribution in [3.63, 3.8) is 0 Å². The summed E-state index contributed by atoms with van der Waals surface area (Å²) in [6, 6.07) is -5.74. The molecule has 0 aromatic carbocycles. The SMILES string of the molecule is NCCCCC(NC(=O)C(CC(=O)O)NC(=O)C(CCC(N)=O)NC(=O)C(N)CCC(N)=O)C(=O)O. The van der Waals surface area contributed by atoms with Crippen LogP contribution in [0.25, 0.3) is 0 Å². The predicted molar refractivity (Wildman–Crippen MR) is 123 cm³/mol. The molecule has 0 spiro atoms. The predicted octanol–water partition coefficient (Wildman–Crippen LogP) is -4.01. The summed E-state index contributed by atoms with van der Waals surface area (Å²) in [7, 11) is 0. The molecule has 36 heavy (non-hydrogen) atoms. The van der Waals surface area contributed by atoms with Gasteiger partial charge in [0.1, 0.15) is 18.1 Å². The minimum atomic E-state index is -1.71. The smallest absolute Gasteiger partial charge is 0.326 e. The number of aliphatic carboxylic acids is 2. The Balaban J connectivity index is 5.53. The van der Waals surface area contributed by atoms with Crippen molar-refractivity contribution in [1.82, 2.24) is 16.0 Å².